The second-order valence-corrected chi connectivity index (χ2v) is 6.19. The number of benzene rings is 1. The standard InChI is InChI=1S/C16H25N2O3.ClHO4/c1-17(2)10-13(11-18(3)4)12-8-14(19-5)16(21-7)15(9-12)20-6;2-1(3,4)5/h8-11H,1-7H3;(H,2,3,4,5)/q+1;/p-1. The summed E-state index contributed by atoms with van der Waals surface area (Å²) in [5, 5.41) is 0. The number of methoxy groups -OCH3 is 3. The van der Waals surface area contributed by atoms with E-state index in [4.69, 9.17) is 32.8 Å². The van der Waals surface area contributed by atoms with Gasteiger partial charge in [-0.3, -0.25) is 0 Å². The molecule has 0 radical (unpaired) electrons. The zero-order valence-electron chi connectivity index (χ0n) is 15.9. The fourth-order valence-electron chi connectivity index (χ4n) is 1.99. The largest absolute Gasteiger partial charge is 0.493 e. The van der Waals surface area contributed by atoms with Gasteiger partial charge in [-0.15, -0.1) is 10.2 Å². The van der Waals surface area contributed by atoms with Crippen LogP contribution in [0.1, 0.15) is 5.56 Å². The monoisotopic (exact) mass is 392 g/mol. The summed E-state index contributed by atoms with van der Waals surface area (Å²) in [6.07, 6.45) is 4.08. The van der Waals surface area contributed by atoms with Crippen molar-refractivity contribution in [3.63, 3.8) is 0 Å². The average molecular weight is 393 g/mol. The van der Waals surface area contributed by atoms with Gasteiger partial charge in [0.05, 0.1) is 26.9 Å². The summed E-state index contributed by atoms with van der Waals surface area (Å²) in [5.41, 5.74) is 2.04. The van der Waals surface area contributed by atoms with Gasteiger partial charge in [0.25, 0.3) is 0 Å². The van der Waals surface area contributed by atoms with Gasteiger partial charge in [-0.2, -0.15) is 0 Å². The molecule has 0 saturated heterocycles. The first-order valence-electron chi connectivity index (χ1n) is 7.24. The molecule has 0 N–H and O–H groups in total. The van der Waals surface area contributed by atoms with E-state index in [-0.39, 0.29) is 0 Å². The minimum absolute atomic E-state index is 0.595. The van der Waals surface area contributed by atoms with Crippen LogP contribution in [-0.4, -0.2) is 65.2 Å². The van der Waals surface area contributed by atoms with Crippen LogP contribution in [0.4, 0.5) is 0 Å². The first-order chi connectivity index (χ1) is 11.9. The van der Waals surface area contributed by atoms with E-state index in [1.807, 2.05) is 62.2 Å². The summed E-state index contributed by atoms with van der Waals surface area (Å²) in [6, 6.07) is 3.88. The van der Waals surface area contributed by atoms with Crippen molar-refractivity contribution in [3.05, 3.63) is 23.9 Å². The Hall–Kier alpha value is -2.04. The molecule has 0 aliphatic carbocycles. The first-order valence-corrected chi connectivity index (χ1v) is 8.48. The van der Waals surface area contributed by atoms with Crippen LogP contribution in [0.15, 0.2) is 18.3 Å². The Morgan fingerprint density at radius 1 is 0.962 bits per heavy atom. The molecule has 10 heteroatoms. The maximum atomic E-state index is 8.49. The normalized spacial score (nSPS) is 11.1. The van der Waals surface area contributed by atoms with Crippen LogP contribution in [0, 0.1) is 10.2 Å². The second kappa shape index (κ2) is 10.8. The zero-order chi connectivity index (χ0) is 20.5. The number of hydrogen-bond acceptors (Lipinski definition) is 8. The first kappa shape index (κ1) is 24.0. The van der Waals surface area contributed by atoms with Crippen LogP contribution in [0.25, 0.3) is 5.57 Å². The Morgan fingerprint density at radius 2 is 1.38 bits per heavy atom. The molecule has 0 aliphatic heterocycles. The lowest BCUT2D eigenvalue weighted by molar-refractivity contribution is -2.00. The molecule has 0 bridgehead atoms. The topological polar surface area (TPSA) is 126 Å². The SMILES string of the molecule is COc1cc(/C(C=[N+](C)C)=C\N(C)C)cc(OC)c1OC.[O-][Cl+3]([O-])([O-])[O-]. The lowest BCUT2D eigenvalue weighted by Crippen LogP contribution is -2.68. The van der Waals surface area contributed by atoms with Gasteiger partial charge in [-0.1, -0.05) is 0 Å². The molecule has 0 aromatic heterocycles. The van der Waals surface area contributed by atoms with E-state index in [1.54, 1.807) is 21.3 Å². The van der Waals surface area contributed by atoms with E-state index in [0.29, 0.717) is 17.2 Å². The number of halogens is 1. The quantitative estimate of drug-likeness (QED) is 0.375. The number of rotatable bonds is 6. The van der Waals surface area contributed by atoms with Gasteiger partial charge in [-0.05, 0) is 17.7 Å². The second-order valence-electron chi connectivity index (χ2n) is 5.43. The number of nitrogens with zero attached hydrogens (tertiary/aromatic N) is 2. The fourth-order valence-corrected chi connectivity index (χ4v) is 1.99. The summed E-state index contributed by atoms with van der Waals surface area (Å²) in [4.78, 5) is 2.00. The van der Waals surface area contributed by atoms with Crippen molar-refractivity contribution in [1.82, 2.24) is 4.90 Å². The molecule has 26 heavy (non-hydrogen) atoms. The fraction of sp³-hybridized carbons (Fsp3) is 0.438. The Labute approximate surface area is 155 Å². The predicted octanol–water partition coefficient (Wildman–Crippen LogP) is -2.80. The van der Waals surface area contributed by atoms with Crippen LogP contribution < -0.4 is 32.8 Å². The van der Waals surface area contributed by atoms with Crippen molar-refractivity contribution in [2.45, 2.75) is 0 Å². The number of hydrogen-bond donors (Lipinski definition) is 0. The molecule has 0 saturated carbocycles. The summed E-state index contributed by atoms with van der Waals surface area (Å²) < 4.78 is 52.1. The number of ether oxygens (including phenoxy) is 3. The van der Waals surface area contributed by atoms with E-state index in [1.165, 1.54) is 0 Å². The summed E-state index contributed by atoms with van der Waals surface area (Å²) >= 11 is 0. The Morgan fingerprint density at radius 3 is 1.65 bits per heavy atom. The van der Waals surface area contributed by atoms with Crippen molar-refractivity contribution < 1.29 is 47.7 Å². The molecule has 9 nitrogen and oxygen atoms in total. The third-order valence-electron chi connectivity index (χ3n) is 2.79. The van der Waals surface area contributed by atoms with E-state index in [9.17, 15) is 0 Å². The molecule has 0 unspecified atom stereocenters. The lowest BCUT2D eigenvalue weighted by Gasteiger charge is -2.17. The van der Waals surface area contributed by atoms with Crippen LogP contribution in [0.2, 0.25) is 0 Å². The van der Waals surface area contributed by atoms with Crippen molar-refractivity contribution >= 4 is 11.8 Å². The highest BCUT2D eigenvalue weighted by molar-refractivity contribution is 6.07. The van der Waals surface area contributed by atoms with E-state index >= 15 is 0 Å². The van der Waals surface area contributed by atoms with Gasteiger partial charge in [0.2, 0.25) is 5.75 Å². The minimum atomic E-state index is -4.94. The van der Waals surface area contributed by atoms with Crippen LogP contribution in [-0.2, 0) is 0 Å². The van der Waals surface area contributed by atoms with Crippen LogP contribution >= 0.6 is 0 Å². The van der Waals surface area contributed by atoms with Gasteiger partial charge < -0.3 is 19.1 Å². The Balaban J connectivity index is 0.00000110. The molecule has 0 fully saturated rings. The van der Waals surface area contributed by atoms with Crippen molar-refractivity contribution in [1.29, 1.82) is 0 Å². The highest BCUT2D eigenvalue weighted by Gasteiger charge is 2.15. The average Bonchev–Trinajstić information content (AvgIpc) is 2.50. The van der Waals surface area contributed by atoms with Crippen molar-refractivity contribution in [3.8, 4) is 17.2 Å². The van der Waals surface area contributed by atoms with Crippen molar-refractivity contribution in [2.24, 2.45) is 0 Å². The van der Waals surface area contributed by atoms with Gasteiger partial charge in [0.15, 0.2) is 17.7 Å². The van der Waals surface area contributed by atoms with Crippen LogP contribution in [0.5, 0.6) is 17.2 Å². The zero-order valence-corrected chi connectivity index (χ0v) is 16.7. The number of allylic oxidation sites excluding steroid dienone is 1. The third-order valence-corrected chi connectivity index (χ3v) is 2.79. The lowest BCUT2D eigenvalue weighted by atomic mass is 10.1. The minimum Gasteiger partial charge on any atom is -0.493 e. The molecule has 1 aromatic carbocycles. The molecule has 0 aliphatic rings. The smallest absolute Gasteiger partial charge is 0.203 e. The summed E-state index contributed by atoms with van der Waals surface area (Å²) in [6.45, 7) is 0. The van der Waals surface area contributed by atoms with E-state index in [2.05, 4.69) is 0 Å². The molecular formula is C16H25ClN2O7. The van der Waals surface area contributed by atoms with Gasteiger partial charge in [-0.25, -0.2) is 23.2 Å². The molecule has 0 atom stereocenters. The predicted molar refractivity (Wildman–Crippen MR) is 85.9 cm³/mol. The molecule has 0 amide bonds. The molecule has 1 rings (SSSR count). The van der Waals surface area contributed by atoms with Gasteiger partial charge in [0, 0.05) is 20.3 Å². The summed E-state index contributed by atoms with van der Waals surface area (Å²) in [5.74, 6) is 1.88. The molecule has 0 heterocycles. The maximum Gasteiger partial charge on any atom is 0.203 e. The Kier molecular flexibility index (Phi) is 9.99. The third kappa shape index (κ3) is 9.44. The molecule has 1 aromatic rings. The molecular weight excluding hydrogens is 368 g/mol. The molecule has 0 spiro atoms. The Bertz CT molecular complexity index is 605. The highest BCUT2D eigenvalue weighted by atomic mass is 35.7. The summed E-state index contributed by atoms with van der Waals surface area (Å²) in [7, 11) is 7.84. The highest BCUT2D eigenvalue weighted by Crippen LogP contribution is 2.39. The molecule has 148 valence electrons. The van der Waals surface area contributed by atoms with E-state index < -0.39 is 10.2 Å². The van der Waals surface area contributed by atoms with Crippen molar-refractivity contribution in [2.75, 3.05) is 49.5 Å². The van der Waals surface area contributed by atoms with Crippen LogP contribution in [0.3, 0.4) is 0 Å². The maximum absolute atomic E-state index is 8.49. The van der Waals surface area contributed by atoms with Gasteiger partial charge >= 0.3 is 0 Å². The van der Waals surface area contributed by atoms with E-state index in [0.717, 1.165) is 11.1 Å². The van der Waals surface area contributed by atoms with Gasteiger partial charge in [0.1, 0.15) is 14.1 Å².